The van der Waals surface area contributed by atoms with E-state index in [9.17, 15) is 0 Å². The second kappa shape index (κ2) is 10.5. The number of hydrogen-bond acceptors (Lipinski definition) is 2. The number of rotatable bonds is 4. The van der Waals surface area contributed by atoms with Gasteiger partial charge in [-0.2, -0.15) is 0 Å². The van der Waals surface area contributed by atoms with Gasteiger partial charge in [0.2, 0.25) is 0 Å². The molecule has 7 aromatic carbocycles. The number of pyridine rings is 1. The van der Waals surface area contributed by atoms with Gasteiger partial charge >= 0.3 is 0 Å². The Morgan fingerprint density at radius 1 is 0.417 bits per heavy atom. The van der Waals surface area contributed by atoms with Crippen molar-refractivity contribution in [2.75, 3.05) is 4.90 Å². The Morgan fingerprint density at radius 3 is 1.92 bits per heavy atom. The Bertz CT molecular complexity index is 2630. The summed E-state index contributed by atoms with van der Waals surface area (Å²) < 4.78 is 2.41. The van der Waals surface area contributed by atoms with Gasteiger partial charge in [0.1, 0.15) is 0 Å². The maximum Gasteiger partial charge on any atom is 0.0702 e. The number of aromatic nitrogens is 2. The molecule has 48 heavy (non-hydrogen) atoms. The van der Waals surface area contributed by atoms with E-state index in [0.29, 0.717) is 0 Å². The predicted octanol–water partition coefficient (Wildman–Crippen LogP) is 12.1. The maximum absolute atomic E-state index is 4.68. The van der Waals surface area contributed by atoms with Crippen LogP contribution in [0.4, 0.5) is 17.1 Å². The van der Waals surface area contributed by atoms with Gasteiger partial charge in [-0.3, -0.25) is 4.98 Å². The van der Waals surface area contributed by atoms with Crippen molar-refractivity contribution in [3.63, 3.8) is 0 Å². The molecule has 9 aromatic rings. The van der Waals surface area contributed by atoms with E-state index < -0.39 is 0 Å². The molecule has 1 aliphatic rings. The van der Waals surface area contributed by atoms with E-state index in [1.54, 1.807) is 0 Å². The van der Waals surface area contributed by atoms with Crippen LogP contribution >= 0.6 is 0 Å². The van der Waals surface area contributed by atoms with Gasteiger partial charge in [0, 0.05) is 44.9 Å². The molecule has 2 aromatic heterocycles. The van der Waals surface area contributed by atoms with Crippen LogP contribution in [0.2, 0.25) is 0 Å². The molecule has 1 aliphatic heterocycles. The van der Waals surface area contributed by atoms with Gasteiger partial charge in [0.05, 0.1) is 28.1 Å². The van der Waals surface area contributed by atoms with Gasteiger partial charge in [0.15, 0.2) is 0 Å². The molecule has 0 radical (unpaired) electrons. The van der Waals surface area contributed by atoms with Crippen molar-refractivity contribution in [3.05, 3.63) is 176 Å². The molecule has 0 bridgehead atoms. The SMILES string of the molecule is c1ccc(-c2ccc(N3c4cc5c(cc4-c4cccc6cccc3c46)c3cc(-c4ccccn4)ccc3n5-c3ccccc3)cc2)cc1. The van der Waals surface area contributed by atoms with Crippen molar-refractivity contribution in [3.8, 4) is 39.2 Å². The van der Waals surface area contributed by atoms with Gasteiger partial charge in [-0.15, -0.1) is 0 Å². The highest BCUT2D eigenvalue weighted by molar-refractivity contribution is 6.19. The molecule has 0 saturated carbocycles. The summed E-state index contributed by atoms with van der Waals surface area (Å²) >= 11 is 0. The van der Waals surface area contributed by atoms with Crippen molar-refractivity contribution < 1.29 is 0 Å². The van der Waals surface area contributed by atoms with Crippen LogP contribution in [0.1, 0.15) is 0 Å². The molecule has 3 nitrogen and oxygen atoms in total. The molecule has 0 aliphatic carbocycles. The Balaban J connectivity index is 1.28. The third-order valence-electron chi connectivity index (χ3n) is 9.74. The smallest absolute Gasteiger partial charge is 0.0702 e. The Labute approximate surface area is 278 Å². The first-order chi connectivity index (χ1) is 23.8. The number of hydrogen-bond donors (Lipinski definition) is 0. The first kappa shape index (κ1) is 26.7. The quantitative estimate of drug-likeness (QED) is 0.197. The zero-order valence-electron chi connectivity index (χ0n) is 26.1. The lowest BCUT2D eigenvalue weighted by Crippen LogP contribution is -2.15. The number of anilines is 3. The lowest BCUT2D eigenvalue weighted by atomic mass is 9.89. The van der Waals surface area contributed by atoms with Crippen molar-refractivity contribution in [2.24, 2.45) is 0 Å². The van der Waals surface area contributed by atoms with E-state index in [1.165, 1.54) is 66.2 Å². The Hall–Kier alpha value is -6.45. The van der Waals surface area contributed by atoms with Gasteiger partial charge in [-0.05, 0) is 88.8 Å². The first-order valence-corrected chi connectivity index (χ1v) is 16.4. The average molecular weight is 612 g/mol. The summed E-state index contributed by atoms with van der Waals surface area (Å²) in [5.74, 6) is 0. The summed E-state index contributed by atoms with van der Waals surface area (Å²) in [6.45, 7) is 0. The van der Waals surface area contributed by atoms with Crippen LogP contribution in [0.15, 0.2) is 176 Å². The van der Waals surface area contributed by atoms with Crippen LogP contribution in [-0.4, -0.2) is 9.55 Å². The van der Waals surface area contributed by atoms with Crippen molar-refractivity contribution in [2.45, 2.75) is 0 Å². The first-order valence-electron chi connectivity index (χ1n) is 16.4. The van der Waals surface area contributed by atoms with Crippen LogP contribution in [0.3, 0.4) is 0 Å². The summed E-state index contributed by atoms with van der Waals surface area (Å²) in [5.41, 5.74) is 14.0. The normalized spacial score (nSPS) is 12.1. The Morgan fingerprint density at radius 2 is 1.12 bits per heavy atom. The van der Waals surface area contributed by atoms with Crippen LogP contribution in [0, 0.1) is 0 Å². The second-order valence-corrected chi connectivity index (χ2v) is 12.4. The highest BCUT2D eigenvalue weighted by atomic mass is 15.2. The number of nitrogens with zero attached hydrogens (tertiary/aromatic N) is 3. The molecule has 224 valence electrons. The topological polar surface area (TPSA) is 21.1 Å². The van der Waals surface area contributed by atoms with Crippen LogP contribution in [0.25, 0.3) is 71.8 Å². The third kappa shape index (κ3) is 4.04. The molecule has 0 amide bonds. The summed E-state index contributed by atoms with van der Waals surface area (Å²) in [6.07, 6.45) is 1.86. The van der Waals surface area contributed by atoms with Gasteiger partial charge in [0.25, 0.3) is 0 Å². The van der Waals surface area contributed by atoms with Crippen LogP contribution in [0.5, 0.6) is 0 Å². The highest BCUT2D eigenvalue weighted by Crippen LogP contribution is 2.53. The fourth-order valence-electron chi connectivity index (χ4n) is 7.58. The van der Waals surface area contributed by atoms with Gasteiger partial charge < -0.3 is 9.47 Å². The zero-order chi connectivity index (χ0) is 31.6. The molecule has 0 saturated heterocycles. The van der Waals surface area contributed by atoms with Gasteiger partial charge in [-0.25, -0.2) is 0 Å². The molecule has 0 unspecified atom stereocenters. The van der Waals surface area contributed by atoms with Crippen LogP contribution in [-0.2, 0) is 0 Å². The fourth-order valence-corrected chi connectivity index (χ4v) is 7.58. The van der Waals surface area contributed by atoms with E-state index in [4.69, 9.17) is 0 Å². The van der Waals surface area contributed by atoms with E-state index >= 15 is 0 Å². The van der Waals surface area contributed by atoms with E-state index in [2.05, 4.69) is 178 Å². The van der Waals surface area contributed by atoms with E-state index in [-0.39, 0.29) is 0 Å². The maximum atomic E-state index is 4.68. The van der Waals surface area contributed by atoms with Crippen molar-refractivity contribution in [1.29, 1.82) is 0 Å². The lowest BCUT2D eigenvalue weighted by Gasteiger charge is -2.34. The monoisotopic (exact) mass is 611 g/mol. The molecule has 0 fully saturated rings. The number of benzene rings is 7. The molecule has 0 N–H and O–H groups in total. The highest BCUT2D eigenvalue weighted by Gasteiger charge is 2.28. The summed E-state index contributed by atoms with van der Waals surface area (Å²) in [4.78, 5) is 7.13. The minimum atomic E-state index is 0.974. The van der Waals surface area contributed by atoms with E-state index in [0.717, 1.165) is 22.6 Å². The van der Waals surface area contributed by atoms with E-state index in [1.807, 2.05) is 12.3 Å². The molecule has 10 rings (SSSR count). The fraction of sp³-hybridized carbons (Fsp3) is 0. The van der Waals surface area contributed by atoms with Crippen molar-refractivity contribution >= 4 is 49.6 Å². The van der Waals surface area contributed by atoms with Gasteiger partial charge in [-0.1, -0.05) is 103 Å². The standard InChI is InChI=1S/C45H29N3/c1-3-11-30(12-4-1)31-20-23-35(24-21-31)48-42-19-10-14-32-13-9-17-36(45(32)42)38-28-39-37-27-33(40-18-7-8-26-46-40)22-25-41(37)47(44(39)29-43(38)48)34-15-5-2-6-16-34/h1-29H. The third-order valence-corrected chi connectivity index (χ3v) is 9.74. The largest absolute Gasteiger partial charge is 0.309 e. The summed E-state index contributed by atoms with van der Waals surface area (Å²) in [6, 6.07) is 61.3. The molecule has 3 heteroatoms. The lowest BCUT2D eigenvalue weighted by molar-refractivity contribution is 1.18. The second-order valence-electron chi connectivity index (χ2n) is 12.4. The minimum Gasteiger partial charge on any atom is -0.309 e. The number of para-hydroxylation sites is 1. The molecule has 0 spiro atoms. The predicted molar refractivity (Wildman–Crippen MR) is 201 cm³/mol. The van der Waals surface area contributed by atoms with Crippen molar-refractivity contribution in [1.82, 2.24) is 9.55 Å². The average Bonchev–Trinajstić information content (AvgIpc) is 3.48. The minimum absolute atomic E-state index is 0.974. The molecule has 3 heterocycles. The molecular formula is C45H29N3. The number of fused-ring (bicyclic) bond motifs is 5. The zero-order valence-corrected chi connectivity index (χ0v) is 26.1. The molecular weight excluding hydrogens is 583 g/mol. The summed E-state index contributed by atoms with van der Waals surface area (Å²) in [7, 11) is 0. The molecule has 0 atom stereocenters. The van der Waals surface area contributed by atoms with Crippen LogP contribution < -0.4 is 4.90 Å². The summed E-state index contributed by atoms with van der Waals surface area (Å²) in [5, 5.41) is 4.96. The Kier molecular flexibility index (Phi) is 5.87.